The largest absolute Gasteiger partial charge is 0.369 e. The minimum atomic E-state index is -1.76. The smallest absolute Gasteiger partial charge is 0.142 e. The zero-order chi connectivity index (χ0) is 5.33. The van der Waals surface area contributed by atoms with Gasteiger partial charge in [-0.15, -0.1) is 44.6 Å². The lowest BCUT2D eigenvalue weighted by Crippen LogP contribution is -2.00. The van der Waals surface area contributed by atoms with Crippen LogP contribution in [-0.2, 0) is 0 Å². The summed E-state index contributed by atoms with van der Waals surface area (Å²) in [7, 11) is 0. The Morgan fingerprint density at radius 1 is 1.14 bits per heavy atom. The van der Waals surface area contributed by atoms with Crippen LogP contribution in [0.5, 0.6) is 0 Å². The van der Waals surface area contributed by atoms with E-state index in [4.69, 9.17) is 22.2 Å². The van der Waals surface area contributed by atoms with Crippen molar-refractivity contribution in [3.8, 4) is 0 Å². The molecule has 0 aromatic carbocycles. The Hall–Kier alpha value is 1.50. The lowest BCUT2D eigenvalue weighted by atomic mass is 11.0. The first kappa shape index (κ1) is 6.61. The van der Waals surface area contributed by atoms with E-state index in [0.717, 1.165) is 11.5 Å². The minimum absolute atomic E-state index is 1.14. The molecule has 7 heavy (non-hydrogen) atoms. The third-order valence-electron chi connectivity index (χ3n) is 0.624. The van der Waals surface area contributed by atoms with E-state index in [9.17, 15) is 0 Å². The molecule has 1 aliphatic rings. The summed E-state index contributed by atoms with van der Waals surface area (Å²) in [6, 6.07) is 0. The molecule has 0 nitrogen and oxygen atoms in total. The maximum Gasteiger partial charge on any atom is 0.369 e. The molecular formula is C2H4Cl2S2Si. The Morgan fingerprint density at radius 2 is 1.57 bits per heavy atom. The summed E-state index contributed by atoms with van der Waals surface area (Å²) >= 11 is 15.1. The molecule has 0 unspecified atom stereocenters. The van der Waals surface area contributed by atoms with Crippen LogP contribution in [-0.4, -0.2) is 16.5 Å². The summed E-state index contributed by atoms with van der Waals surface area (Å²) in [6.07, 6.45) is 0. The molecule has 0 aliphatic carbocycles. The van der Waals surface area contributed by atoms with Gasteiger partial charge in [0.1, 0.15) is 0 Å². The van der Waals surface area contributed by atoms with E-state index in [1.54, 1.807) is 22.4 Å². The van der Waals surface area contributed by atoms with Crippen LogP contribution >= 0.6 is 44.6 Å². The van der Waals surface area contributed by atoms with Gasteiger partial charge < -0.3 is 0 Å². The average molecular weight is 191 g/mol. The van der Waals surface area contributed by atoms with Gasteiger partial charge >= 0.3 is 4.99 Å². The van der Waals surface area contributed by atoms with Crippen molar-refractivity contribution in [3.63, 3.8) is 0 Å². The first-order valence-corrected chi connectivity index (χ1v) is 9.31. The van der Waals surface area contributed by atoms with Crippen molar-refractivity contribution in [1.82, 2.24) is 0 Å². The van der Waals surface area contributed by atoms with Crippen molar-refractivity contribution in [1.29, 1.82) is 0 Å². The van der Waals surface area contributed by atoms with Crippen LogP contribution in [0.4, 0.5) is 0 Å². The van der Waals surface area contributed by atoms with Crippen LogP contribution in [0.15, 0.2) is 0 Å². The van der Waals surface area contributed by atoms with Gasteiger partial charge in [0, 0.05) is 0 Å². The van der Waals surface area contributed by atoms with Crippen LogP contribution in [0.25, 0.3) is 0 Å². The van der Waals surface area contributed by atoms with E-state index < -0.39 is 4.99 Å². The van der Waals surface area contributed by atoms with Crippen molar-refractivity contribution >= 4 is 49.6 Å². The van der Waals surface area contributed by atoms with Gasteiger partial charge in [0.2, 0.25) is 0 Å². The monoisotopic (exact) mass is 190 g/mol. The third-order valence-corrected chi connectivity index (χ3v) is 11.7. The fraction of sp³-hybridized carbons (Fsp3) is 1.00. The number of hydrogen-bond donors (Lipinski definition) is 0. The molecule has 42 valence electrons. The third kappa shape index (κ3) is 2.06. The number of rotatable bonds is 0. The molecule has 1 heterocycles. The van der Waals surface area contributed by atoms with Gasteiger partial charge in [0.25, 0.3) is 0 Å². The Labute approximate surface area is 61.0 Å². The number of hydrogen-bond acceptors (Lipinski definition) is 2. The fourth-order valence-electron chi connectivity index (χ4n) is 0.363. The fourth-order valence-corrected chi connectivity index (χ4v) is 9.79. The second kappa shape index (κ2) is 2.39. The molecule has 5 heteroatoms. The lowest BCUT2D eigenvalue weighted by Gasteiger charge is -2.00. The summed E-state index contributed by atoms with van der Waals surface area (Å²) < 4.78 is 0. The highest BCUT2D eigenvalue weighted by molar-refractivity contribution is 8.69. The normalized spacial score (nSPS) is 28.3. The molecule has 1 rings (SSSR count). The average Bonchev–Trinajstić information content (AvgIpc) is 1.84. The van der Waals surface area contributed by atoms with Gasteiger partial charge in [-0.05, 0) is 11.5 Å². The van der Waals surface area contributed by atoms with Crippen LogP contribution < -0.4 is 0 Å². The maximum absolute atomic E-state index is 5.80. The van der Waals surface area contributed by atoms with Gasteiger partial charge in [0.15, 0.2) is 0 Å². The summed E-state index contributed by atoms with van der Waals surface area (Å²) in [6.45, 7) is 0. The van der Waals surface area contributed by atoms with Gasteiger partial charge in [-0.2, -0.15) is 0 Å². The van der Waals surface area contributed by atoms with E-state index in [0.29, 0.717) is 0 Å². The van der Waals surface area contributed by atoms with Crippen molar-refractivity contribution in [2.24, 2.45) is 0 Å². The van der Waals surface area contributed by atoms with E-state index in [-0.39, 0.29) is 0 Å². The lowest BCUT2D eigenvalue weighted by molar-refractivity contribution is 1.59. The van der Waals surface area contributed by atoms with Gasteiger partial charge in [-0.3, -0.25) is 0 Å². The molecule has 1 saturated heterocycles. The Morgan fingerprint density at radius 3 is 1.71 bits per heavy atom. The summed E-state index contributed by atoms with van der Waals surface area (Å²) in [5, 5.41) is 0. The van der Waals surface area contributed by atoms with Gasteiger partial charge in [0.05, 0.1) is 0 Å². The van der Waals surface area contributed by atoms with Crippen LogP contribution in [0.3, 0.4) is 0 Å². The van der Waals surface area contributed by atoms with Crippen LogP contribution in [0, 0.1) is 0 Å². The predicted octanol–water partition coefficient (Wildman–Crippen LogP) is 2.38. The summed E-state index contributed by atoms with van der Waals surface area (Å²) in [5.41, 5.74) is 0. The SMILES string of the molecule is Cl[Si]1(Cl)SCCS1. The predicted molar refractivity (Wildman–Crippen MR) is 42.4 cm³/mol. The Balaban J connectivity index is 2.40. The number of halogens is 2. The second-order valence-corrected chi connectivity index (χ2v) is 16.3. The molecule has 0 bridgehead atoms. The first-order valence-electron chi connectivity index (χ1n) is 1.86. The first-order chi connectivity index (χ1) is 3.21. The summed E-state index contributed by atoms with van der Waals surface area (Å²) in [4.78, 5) is -1.76. The van der Waals surface area contributed by atoms with Crippen molar-refractivity contribution < 1.29 is 0 Å². The van der Waals surface area contributed by atoms with E-state index in [1.165, 1.54) is 0 Å². The van der Waals surface area contributed by atoms with Gasteiger partial charge in [-0.1, -0.05) is 0 Å². The molecular weight excluding hydrogens is 187 g/mol. The molecule has 0 saturated carbocycles. The van der Waals surface area contributed by atoms with Crippen LogP contribution in [0.2, 0.25) is 0 Å². The summed E-state index contributed by atoms with van der Waals surface area (Å²) in [5.74, 6) is 2.29. The molecule has 0 aromatic heterocycles. The zero-order valence-corrected chi connectivity index (χ0v) is 7.63. The molecule has 0 amide bonds. The second-order valence-electron chi connectivity index (χ2n) is 1.16. The van der Waals surface area contributed by atoms with Crippen molar-refractivity contribution in [2.45, 2.75) is 0 Å². The van der Waals surface area contributed by atoms with E-state index in [2.05, 4.69) is 0 Å². The molecule has 1 fully saturated rings. The topological polar surface area (TPSA) is 0 Å². The van der Waals surface area contributed by atoms with Gasteiger partial charge in [-0.25, -0.2) is 0 Å². The van der Waals surface area contributed by atoms with Crippen molar-refractivity contribution in [3.05, 3.63) is 0 Å². The maximum atomic E-state index is 5.80. The molecule has 0 radical (unpaired) electrons. The van der Waals surface area contributed by atoms with E-state index >= 15 is 0 Å². The molecule has 1 aliphatic heterocycles. The quantitative estimate of drug-likeness (QED) is 0.426. The Bertz CT molecular complexity index is 68.1. The van der Waals surface area contributed by atoms with E-state index in [1.807, 2.05) is 0 Å². The standard InChI is InChI=1S/C2H4Cl2S2Si/c3-7(4)5-1-2-6-7/h1-2H2. The highest BCUT2D eigenvalue weighted by Crippen LogP contribution is 2.45. The van der Waals surface area contributed by atoms with Crippen molar-refractivity contribution in [2.75, 3.05) is 11.5 Å². The molecule has 0 spiro atoms. The zero-order valence-electron chi connectivity index (χ0n) is 3.49. The molecule has 0 atom stereocenters. The molecule has 0 N–H and O–H groups in total. The Kier molecular flexibility index (Phi) is 2.26. The van der Waals surface area contributed by atoms with Crippen LogP contribution in [0.1, 0.15) is 0 Å². The highest BCUT2D eigenvalue weighted by Gasteiger charge is 2.34. The molecule has 0 aromatic rings. The highest BCUT2D eigenvalue weighted by atomic mass is 35.7. The minimum Gasteiger partial charge on any atom is -0.142 e.